The fourth-order valence-electron chi connectivity index (χ4n) is 2.72. The van der Waals surface area contributed by atoms with Gasteiger partial charge in [-0.2, -0.15) is 0 Å². The molecule has 1 aliphatic rings. The Morgan fingerprint density at radius 1 is 1.26 bits per heavy atom. The number of sulfone groups is 1. The van der Waals surface area contributed by atoms with Crippen molar-refractivity contribution in [3.05, 3.63) is 47.9 Å². The van der Waals surface area contributed by atoms with E-state index in [2.05, 4.69) is 15.3 Å². The van der Waals surface area contributed by atoms with Crippen LogP contribution < -0.4 is 15.8 Å². The molecule has 3 N–H and O–H groups in total. The molecule has 0 spiro atoms. The second kappa shape index (κ2) is 6.80. The number of aromatic nitrogens is 1. The number of halogens is 1. The molecule has 0 amide bonds. The van der Waals surface area contributed by atoms with Gasteiger partial charge in [-0.1, -0.05) is 12.1 Å². The first-order valence-corrected chi connectivity index (χ1v) is 9.93. The monoisotopic (exact) mass is 392 g/mol. The molecule has 0 saturated carbocycles. The number of methoxy groups -OCH3 is 1. The van der Waals surface area contributed by atoms with E-state index in [4.69, 9.17) is 10.5 Å². The number of rotatable bonds is 4. The molecule has 1 unspecified atom stereocenters. The molecule has 2 heterocycles. The molecule has 1 aromatic heterocycles. The number of hydrogen-bond acceptors (Lipinski definition) is 7. The van der Waals surface area contributed by atoms with E-state index in [1.807, 2.05) is 12.1 Å². The molecule has 144 valence electrons. The molecule has 0 aliphatic carbocycles. The van der Waals surface area contributed by atoms with E-state index in [1.54, 1.807) is 12.1 Å². The summed E-state index contributed by atoms with van der Waals surface area (Å²) < 4.78 is 43.4. The van der Waals surface area contributed by atoms with Crippen LogP contribution in [0.2, 0.25) is 0 Å². The first-order valence-electron chi connectivity index (χ1n) is 8.28. The number of nitrogens with one attached hydrogen (secondary N) is 1. The number of hydrogen-bond donors (Lipinski definition) is 2. The molecular weight excluding hydrogens is 371 g/mol. The molecule has 2 aromatic rings. The molecule has 9 heteroatoms. The Labute approximate surface area is 157 Å². The van der Waals surface area contributed by atoms with Gasteiger partial charge in [-0.25, -0.2) is 17.8 Å². The highest BCUT2D eigenvalue weighted by molar-refractivity contribution is 7.93. The van der Waals surface area contributed by atoms with Crippen LogP contribution in [-0.4, -0.2) is 36.8 Å². The Kier molecular flexibility index (Phi) is 4.81. The number of amidine groups is 1. The molecule has 1 aliphatic heterocycles. The lowest BCUT2D eigenvalue weighted by atomic mass is 10.1. The Balaban J connectivity index is 1.99. The summed E-state index contributed by atoms with van der Waals surface area (Å²) in [6, 6.07) is 8.87. The van der Waals surface area contributed by atoms with Crippen molar-refractivity contribution in [2.75, 3.05) is 18.2 Å². The van der Waals surface area contributed by atoms with Crippen molar-refractivity contribution in [1.82, 2.24) is 4.98 Å². The number of para-hydroxylation sites is 2. The van der Waals surface area contributed by atoms with E-state index < -0.39 is 26.4 Å². The third kappa shape index (κ3) is 3.46. The number of ether oxygens (including phenoxy) is 1. The Bertz CT molecular complexity index is 1010. The smallest absolute Gasteiger partial charge is 0.165 e. The average Bonchev–Trinajstić information content (AvgIpc) is 2.61. The first-order chi connectivity index (χ1) is 12.7. The Morgan fingerprint density at radius 2 is 1.96 bits per heavy atom. The van der Waals surface area contributed by atoms with E-state index >= 15 is 0 Å². The second-order valence-corrected chi connectivity index (χ2v) is 9.29. The van der Waals surface area contributed by atoms with Crippen LogP contribution in [0, 0.1) is 5.82 Å². The number of nitrogens with zero attached hydrogens (tertiary/aromatic N) is 2. The summed E-state index contributed by atoms with van der Waals surface area (Å²) in [4.78, 5) is 8.45. The number of nitrogens with two attached hydrogens (primary N) is 1. The highest BCUT2D eigenvalue weighted by Crippen LogP contribution is 2.33. The molecule has 0 radical (unpaired) electrons. The fourth-order valence-corrected chi connectivity index (χ4v) is 4.16. The molecule has 1 aromatic carbocycles. The molecule has 0 fully saturated rings. The van der Waals surface area contributed by atoms with Gasteiger partial charge in [-0.05, 0) is 38.1 Å². The SMILES string of the molecule is COc1ccccc1Nc1ccc(F)c(C2CS(=O)(=O)C(C)(C)C(N)=N2)n1. The van der Waals surface area contributed by atoms with Crippen molar-refractivity contribution in [2.24, 2.45) is 10.7 Å². The number of pyridine rings is 1. The third-order valence-electron chi connectivity index (χ3n) is 4.63. The van der Waals surface area contributed by atoms with Crippen molar-refractivity contribution >= 4 is 27.2 Å². The summed E-state index contributed by atoms with van der Waals surface area (Å²) in [5.41, 5.74) is 6.43. The van der Waals surface area contributed by atoms with Gasteiger partial charge in [0.15, 0.2) is 9.84 Å². The summed E-state index contributed by atoms with van der Waals surface area (Å²) in [6.07, 6.45) is 0. The van der Waals surface area contributed by atoms with Gasteiger partial charge in [0, 0.05) is 0 Å². The van der Waals surface area contributed by atoms with E-state index in [0.717, 1.165) is 0 Å². The van der Waals surface area contributed by atoms with Crippen LogP contribution in [0.4, 0.5) is 15.9 Å². The minimum absolute atomic E-state index is 0.0527. The lowest BCUT2D eigenvalue weighted by Crippen LogP contribution is -2.50. The second-order valence-electron chi connectivity index (χ2n) is 6.71. The highest BCUT2D eigenvalue weighted by Gasteiger charge is 2.44. The van der Waals surface area contributed by atoms with Crippen molar-refractivity contribution < 1.29 is 17.5 Å². The van der Waals surface area contributed by atoms with Crippen LogP contribution in [0.15, 0.2) is 41.4 Å². The molecule has 0 saturated heterocycles. The standard InChI is InChI=1S/C18H21FN4O3S/c1-18(2)17(20)22-13(10-27(18,24)25)16-11(19)8-9-15(23-16)21-12-6-4-5-7-14(12)26-3/h4-9,13H,10H2,1-3H3,(H2,20,22)(H,21,23). The van der Waals surface area contributed by atoms with Gasteiger partial charge < -0.3 is 15.8 Å². The van der Waals surface area contributed by atoms with Gasteiger partial charge in [0.05, 0.1) is 18.6 Å². The van der Waals surface area contributed by atoms with Gasteiger partial charge in [0.25, 0.3) is 0 Å². The Hall–Kier alpha value is -2.68. The summed E-state index contributed by atoms with van der Waals surface area (Å²) in [5, 5.41) is 3.05. The Morgan fingerprint density at radius 3 is 2.63 bits per heavy atom. The summed E-state index contributed by atoms with van der Waals surface area (Å²) in [5.74, 6) is -0.121. The normalized spacial score (nSPS) is 20.6. The minimum Gasteiger partial charge on any atom is -0.495 e. The third-order valence-corrected chi connectivity index (χ3v) is 7.14. The van der Waals surface area contributed by atoms with Gasteiger partial charge in [0.2, 0.25) is 0 Å². The van der Waals surface area contributed by atoms with Crippen LogP contribution in [0.3, 0.4) is 0 Å². The molecule has 3 rings (SSSR count). The van der Waals surface area contributed by atoms with Crippen molar-refractivity contribution in [3.8, 4) is 5.75 Å². The fraction of sp³-hybridized carbons (Fsp3) is 0.333. The molecular formula is C18H21FN4O3S. The zero-order valence-electron chi connectivity index (χ0n) is 15.2. The maximum Gasteiger partial charge on any atom is 0.165 e. The number of benzene rings is 1. The molecule has 7 nitrogen and oxygen atoms in total. The average molecular weight is 392 g/mol. The summed E-state index contributed by atoms with van der Waals surface area (Å²) in [7, 11) is -2.07. The maximum absolute atomic E-state index is 14.4. The zero-order valence-corrected chi connectivity index (χ0v) is 16.0. The molecule has 0 bridgehead atoms. The topological polar surface area (TPSA) is 107 Å². The van der Waals surface area contributed by atoms with E-state index in [-0.39, 0.29) is 17.3 Å². The maximum atomic E-state index is 14.4. The number of aliphatic imine (C=N–C) groups is 1. The van der Waals surface area contributed by atoms with Crippen LogP contribution >= 0.6 is 0 Å². The van der Waals surface area contributed by atoms with Gasteiger partial charge >= 0.3 is 0 Å². The largest absolute Gasteiger partial charge is 0.495 e. The van der Waals surface area contributed by atoms with Crippen molar-refractivity contribution in [3.63, 3.8) is 0 Å². The van der Waals surface area contributed by atoms with Gasteiger partial charge in [0.1, 0.15) is 39.7 Å². The lowest BCUT2D eigenvalue weighted by molar-refractivity contribution is 0.417. The first kappa shape index (κ1) is 19.1. The van der Waals surface area contributed by atoms with E-state index in [1.165, 1.54) is 33.1 Å². The van der Waals surface area contributed by atoms with Crippen LogP contribution in [0.5, 0.6) is 5.75 Å². The summed E-state index contributed by atoms with van der Waals surface area (Å²) in [6.45, 7) is 2.97. The van der Waals surface area contributed by atoms with Crippen LogP contribution in [0.25, 0.3) is 0 Å². The van der Waals surface area contributed by atoms with Crippen LogP contribution in [0.1, 0.15) is 25.6 Å². The summed E-state index contributed by atoms with van der Waals surface area (Å²) >= 11 is 0. The quantitative estimate of drug-likeness (QED) is 0.828. The van der Waals surface area contributed by atoms with E-state index in [9.17, 15) is 12.8 Å². The van der Waals surface area contributed by atoms with E-state index in [0.29, 0.717) is 17.3 Å². The predicted molar refractivity (Wildman–Crippen MR) is 103 cm³/mol. The van der Waals surface area contributed by atoms with Crippen molar-refractivity contribution in [1.29, 1.82) is 0 Å². The van der Waals surface area contributed by atoms with Crippen LogP contribution in [-0.2, 0) is 9.84 Å². The lowest BCUT2D eigenvalue weighted by Gasteiger charge is -2.31. The number of anilines is 2. The molecule has 1 atom stereocenters. The van der Waals surface area contributed by atoms with Crippen molar-refractivity contribution in [2.45, 2.75) is 24.6 Å². The molecule has 27 heavy (non-hydrogen) atoms. The zero-order chi connectivity index (χ0) is 19.8. The van der Waals surface area contributed by atoms with Gasteiger partial charge in [-0.3, -0.25) is 4.99 Å². The minimum atomic E-state index is -3.61. The van der Waals surface area contributed by atoms with Gasteiger partial charge in [-0.15, -0.1) is 0 Å². The highest BCUT2D eigenvalue weighted by atomic mass is 32.2. The predicted octanol–water partition coefficient (Wildman–Crippen LogP) is 2.58.